The number of aliphatic carboxylic acids is 1. The van der Waals surface area contributed by atoms with Gasteiger partial charge in [-0.3, -0.25) is 9.59 Å². The molecule has 0 aromatic carbocycles. The Morgan fingerprint density at radius 1 is 1.17 bits per heavy atom. The Morgan fingerprint density at radius 2 is 1.72 bits per heavy atom. The van der Waals surface area contributed by atoms with Gasteiger partial charge >= 0.3 is 5.97 Å². The number of amides is 1. The van der Waals surface area contributed by atoms with E-state index >= 15 is 0 Å². The highest BCUT2D eigenvalue weighted by Crippen LogP contribution is 2.17. The Hall–Kier alpha value is -1.10. The summed E-state index contributed by atoms with van der Waals surface area (Å²) in [6.07, 6.45) is 3.60. The van der Waals surface area contributed by atoms with Crippen LogP contribution in [0.2, 0.25) is 0 Å². The van der Waals surface area contributed by atoms with Gasteiger partial charge in [0, 0.05) is 13.0 Å². The van der Waals surface area contributed by atoms with Gasteiger partial charge in [0.15, 0.2) is 0 Å². The number of carboxylic acids is 1. The zero-order chi connectivity index (χ0) is 14.2. The van der Waals surface area contributed by atoms with Crippen molar-refractivity contribution in [2.45, 2.75) is 58.9 Å². The lowest BCUT2D eigenvalue weighted by Crippen LogP contribution is -2.48. The Kier molecular flexibility index (Phi) is 7.59. The van der Waals surface area contributed by atoms with Crippen LogP contribution in [0.25, 0.3) is 0 Å². The minimum atomic E-state index is -0.751. The van der Waals surface area contributed by atoms with Crippen molar-refractivity contribution >= 4 is 11.9 Å². The van der Waals surface area contributed by atoms with E-state index in [0.29, 0.717) is 13.0 Å². The normalized spacial score (nSPS) is 13.1. The molecule has 18 heavy (non-hydrogen) atoms. The molecular formula is C13H26N2O3. The third-order valence-corrected chi connectivity index (χ3v) is 2.83. The Morgan fingerprint density at radius 3 is 2.22 bits per heavy atom. The van der Waals surface area contributed by atoms with E-state index in [-0.39, 0.29) is 17.7 Å². The van der Waals surface area contributed by atoms with Crippen LogP contribution < -0.4 is 11.1 Å². The molecule has 0 fully saturated rings. The van der Waals surface area contributed by atoms with Crippen molar-refractivity contribution in [2.75, 3.05) is 6.54 Å². The van der Waals surface area contributed by atoms with Crippen LogP contribution in [0.1, 0.15) is 52.9 Å². The maximum atomic E-state index is 11.7. The molecule has 0 unspecified atom stereocenters. The van der Waals surface area contributed by atoms with Crippen molar-refractivity contribution in [3.05, 3.63) is 0 Å². The van der Waals surface area contributed by atoms with Gasteiger partial charge in [-0.2, -0.15) is 0 Å². The van der Waals surface area contributed by atoms with Gasteiger partial charge in [0.1, 0.15) is 0 Å². The van der Waals surface area contributed by atoms with Crippen molar-refractivity contribution in [2.24, 2.45) is 11.1 Å². The third-order valence-electron chi connectivity index (χ3n) is 2.83. The highest BCUT2D eigenvalue weighted by Gasteiger charge is 2.26. The average Bonchev–Trinajstić information content (AvgIpc) is 2.24. The maximum absolute atomic E-state index is 11.7. The first-order valence-electron chi connectivity index (χ1n) is 6.50. The molecule has 0 radical (unpaired) electrons. The largest absolute Gasteiger partial charge is 0.481 e. The molecule has 0 spiro atoms. The number of hydrogen-bond acceptors (Lipinski definition) is 3. The van der Waals surface area contributed by atoms with E-state index in [1.807, 2.05) is 20.8 Å². The van der Waals surface area contributed by atoms with Gasteiger partial charge < -0.3 is 16.2 Å². The average molecular weight is 258 g/mol. The first-order valence-corrected chi connectivity index (χ1v) is 6.50. The molecule has 5 heteroatoms. The second-order valence-electron chi connectivity index (χ2n) is 5.69. The highest BCUT2D eigenvalue weighted by molar-refractivity contribution is 5.82. The molecule has 0 aliphatic carbocycles. The summed E-state index contributed by atoms with van der Waals surface area (Å²) < 4.78 is 0. The van der Waals surface area contributed by atoms with E-state index in [9.17, 15) is 9.59 Å². The van der Waals surface area contributed by atoms with Crippen molar-refractivity contribution in [3.8, 4) is 0 Å². The fourth-order valence-electron chi connectivity index (χ4n) is 1.47. The molecule has 0 aliphatic heterocycles. The molecule has 0 aliphatic rings. The zero-order valence-electron chi connectivity index (χ0n) is 11.7. The van der Waals surface area contributed by atoms with E-state index in [1.165, 1.54) is 0 Å². The third kappa shape index (κ3) is 8.06. The first-order chi connectivity index (χ1) is 8.25. The van der Waals surface area contributed by atoms with Crippen LogP contribution in [-0.2, 0) is 9.59 Å². The molecule has 0 saturated heterocycles. The van der Waals surface area contributed by atoms with Gasteiger partial charge in [-0.1, -0.05) is 33.6 Å². The highest BCUT2D eigenvalue weighted by atomic mass is 16.4. The molecule has 0 bridgehead atoms. The maximum Gasteiger partial charge on any atom is 0.303 e. The molecule has 106 valence electrons. The molecule has 0 rings (SSSR count). The van der Waals surface area contributed by atoms with Gasteiger partial charge in [-0.25, -0.2) is 0 Å². The van der Waals surface area contributed by atoms with Crippen LogP contribution in [0.3, 0.4) is 0 Å². The monoisotopic (exact) mass is 258 g/mol. The quantitative estimate of drug-likeness (QED) is 0.575. The Bertz CT molecular complexity index is 272. The van der Waals surface area contributed by atoms with Crippen LogP contribution in [0.15, 0.2) is 0 Å². The lowest BCUT2D eigenvalue weighted by molar-refractivity contribution is -0.137. The van der Waals surface area contributed by atoms with E-state index in [0.717, 1.165) is 19.3 Å². The fraction of sp³-hybridized carbons (Fsp3) is 0.846. The smallest absolute Gasteiger partial charge is 0.303 e. The fourth-order valence-corrected chi connectivity index (χ4v) is 1.47. The molecular weight excluding hydrogens is 232 g/mol. The molecule has 0 aromatic heterocycles. The number of nitrogens with one attached hydrogen (secondary N) is 1. The lowest BCUT2D eigenvalue weighted by Gasteiger charge is -2.25. The molecule has 1 atom stereocenters. The van der Waals surface area contributed by atoms with Crippen LogP contribution in [0.5, 0.6) is 0 Å². The van der Waals surface area contributed by atoms with E-state index < -0.39 is 12.0 Å². The second-order valence-corrected chi connectivity index (χ2v) is 5.69. The summed E-state index contributed by atoms with van der Waals surface area (Å²) in [5.41, 5.74) is 5.58. The van der Waals surface area contributed by atoms with Gasteiger partial charge in [0.2, 0.25) is 5.91 Å². The molecule has 4 N–H and O–H groups in total. The lowest BCUT2D eigenvalue weighted by atomic mass is 9.87. The van der Waals surface area contributed by atoms with E-state index in [2.05, 4.69) is 5.32 Å². The molecule has 0 aromatic rings. The molecule has 1 amide bonds. The van der Waals surface area contributed by atoms with Gasteiger partial charge in [0.25, 0.3) is 0 Å². The van der Waals surface area contributed by atoms with Crippen molar-refractivity contribution in [1.29, 1.82) is 0 Å². The second kappa shape index (κ2) is 8.08. The van der Waals surface area contributed by atoms with Crippen molar-refractivity contribution < 1.29 is 14.7 Å². The Balaban J connectivity index is 3.55. The summed E-state index contributed by atoms with van der Waals surface area (Å²) in [5, 5.41) is 11.3. The topological polar surface area (TPSA) is 92.4 Å². The summed E-state index contributed by atoms with van der Waals surface area (Å²) in [6, 6.07) is -0.496. The summed E-state index contributed by atoms with van der Waals surface area (Å²) >= 11 is 0. The van der Waals surface area contributed by atoms with E-state index in [1.54, 1.807) is 0 Å². The zero-order valence-corrected chi connectivity index (χ0v) is 11.7. The number of carboxylic acid groups (broad SMARTS) is 1. The van der Waals surface area contributed by atoms with Crippen molar-refractivity contribution in [3.63, 3.8) is 0 Å². The predicted molar refractivity (Wildman–Crippen MR) is 71.2 cm³/mol. The van der Waals surface area contributed by atoms with Gasteiger partial charge in [0.05, 0.1) is 6.04 Å². The van der Waals surface area contributed by atoms with E-state index in [4.69, 9.17) is 10.8 Å². The number of carbonyl (C=O) groups is 2. The van der Waals surface area contributed by atoms with Crippen LogP contribution in [-0.4, -0.2) is 29.6 Å². The number of hydrogen-bond donors (Lipinski definition) is 3. The van der Waals surface area contributed by atoms with Crippen LogP contribution in [0, 0.1) is 5.41 Å². The standard InChI is InChI=1S/C13H26N2O3/c1-13(2,3)11(14)12(18)15-9-7-5-4-6-8-10(16)17/h11H,4-9,14H2,1-3H3,(H,15,18)(H,16,17)/t11-/m1/s1. The summed E-state index contributed by atoms with van der Waals surface area (Å²) in [6.45, 7) is 6.41. The number of unbranched alkanes of at least 4 members (excludes halogenated alkanes) is 3. The van der Waals surface area contributed by atoms with Crippen molar-refractivity contribution in [1.82, 2.24) is 5.32 Å². The number of nitrogens with two attached hydrogens (primary N) is 1. The molecule has 0 saturated carbocycles. The number of carbonyl (C=O) groups excluding carboxylic acids is 1. The summed E-state index contributed by atoms with van der Waals surface area (Å²) in [7, 11) is 0. The summed E-state index contributed by atoms with van der Waals surface area (Å²) in [4.78, 5) is 21.9. The first kappa shape index (κ1) is 16.9. The van der Waals surface area contributed by atoms with Crippen LogP contribution >= 0.6 is 0 Å². The molecule has 5 nitrogen and oxygen atoms in total. The number of rotatable bonds is 8. The van der Waals surface area contributed by atoms with Gasteiger partial charge in [-0.15, -0.1) is 0 Å². The molecule has 0 heterocycles. The minimum absolute atomic E-state index is 0.118. The SMILES string of the molecule is CC(C)(C)[C@H](N)C(=O)NCCCCCCC(=O)O. The summed E-state index contributed by atoms with van der Waals surface area (Å²) in [5.74, 6) is -0.868. The minimum Gasteiger partial charge on any atom is -0.481 e. The predicted octanol–water partition coefficient (Wildman–Crippen LogP) is 1.51. The van der Waals surface area contributed by atoms with Crippen LogP contribution in [0.4, 0.5) is 0 Å². The van der Waals surface area contributed by atoms with Gasteiger partial charge in [-0.05, 0) is 18.3 Å². The Labute approximate surface area is 109 Å².